The van der Waals surface area contributed by atoms with Crippen LogP contribution in [0.5, 0.6) is 0 Å². The molecule has 2 atom stereocenters. The van der Waals surface area contributed by atoms with Crippen LogP contribution in [0.25, 0.3) is 5.32 Å². The van der Waals surface area contributed by atoms with Gasteiger partial charge in [-0.05, 0) is 12.6 Å². The molecule has 0 spiro atoms. The zero-order valence-corrected chi connectivity index (χ0v) is 7.14. The van der Waals surface area contributed by atoms with E-state index >= 15 is 0 Å². The maximum atomic E-state index is 9.66. The Morgan fingerprint density at radius 1 is 1.33 bits per heavy atom. The summed E-state index contributed by atoms with van der Waals surface area (Å²) >= 11 is 0. The predicted molar refractivity (Wildman–Crippen MR) is 49.6 cm³/mol. The first kappa shape index (κ1) is 9.10. The molecule has 12 heavy (non-hydrogen) atoms. The summed E-state index contributed by atoms with van der Waals surface area (Å²) in [7, 11) is 3.40. The van der Waals surface area contributed by atoms with Crippen LogP contribution in [0, 0.1) is 7.05 Å². The van der Waals surface area contributed by atoms with Gasteiger partial charge in [0, 0.05) is 0 Å². The first-order valence-electron chi connectivity index (χ1n) is 3.94. The highest BCUT2D eigenvalue weighted by molar-refractivity contribution is 5.20. The summed E-state index contributed by atoms with van der Waals surface area (Å²) in [5, 5.41) is 13.4. The Balaban J connectivity index is 2.71. The van der Waals surface area contributed by atoms with Crippen LogP contribution in [0.1, 0.15) is 18.6 Å². The topological polar surface area (TPSA) is 34.3 Å². The average molecular weight is 163 g/mol. The van der Waals surface area contributed by atoms with Crippen molar-refractivity contribution in [1.82, 2.24) is 0 Å². The summed E-state index contributed by atoms with van der Waals surface area (Å²) in [6, 6.07) is 9.33. The second-order valence-corrected chi connectivity index (χ2v) is 2.78. The number of nitrogens with zero attached hydrogens (tertiary/aromatic N) is 1. The van der Waals surface area contributed by atoms with Crippen LogP contribution >= 0.6 is 0 Å². The van der Waals surface area contributed by atoms with E-state index in [4.69, 9.17) is 0 Å². The van der Waals surface area contributed by atoms with Gasteiger partial charge in [-0.2, -0.15) is 0 Å². The third-order valence-corrected chi connectivity index (χ3v) is 1.89. The minimum Gasteiger partial charge on any atom is -0.453 e. The molecule has 1 rings (SSSR count). The molecule has 2 heteroatoms. The van der Waals surface area contributed by atoms with Crippen LogP contribution in [0.15, 0.2) is 30.3 Å². The van der Waals surface area contributed by atoms with Crippen molar-refractivity contribution in [3.05, 3.63) is 48.3 Å². The van der Waals surface area contributed by atoms with Crippen molar-refractivity contribution in [3.63, 3.8) is 0 Å². The van der Waals surface area contributed by atoms with Crippen LogP contribution in [0.2, 0.25) is 0 Å². The van der Waals surface area contributed by atoms with Crippen LogP contribution in [0.3, 0.4) is 0 Å². The maximum absolute atomic E-state index is 9.66. The molecule has 0 radical (unpaired) electrons. The average Bonchev–Trinajstić information content (AvgIpc) is 2.17. The van der Waals surface area contributed by atoms with Gasteiger partial charge in [-0.1, -0.05) is 43.3 Å². The monoisotopic (exact) mass is 163 g/mol. The quantitative estimate of drug-likeness (QED) is 0.681. The first-order chi connectivity index (χ1) is 5.75. The van der Waals surface area contributed by atoms with E-state index in [-0.39, 0.29) is 6.04 Å². The van der Waals surface area contributed by atoms with Crippen molar-refractivity contribution in [2.45, 2.75) is 19.1 Å². The Morgan fingerprint density at radius 3 is 2.42 bits per heavy atom. The van der Waals surface area contributed by atoms with Crippen molar-refractivity contribution >= 4 is 0 Å². The summed E-state index contributed by atoms with van der Waals surface area (Å²) in [4.78, 5) is 0. The Bertz CT molecular complexity index is 223. The molecule has 0 saturated carbocycles. The Labute approximate surface area is 73.2 Å². The molecule has 1 aromatic rings. The summed E-state index contributed by atoms with van der Waals surface area (Å²) in [6.45, 7) is 1.84. The van der Waals surface area contributed by atoms with Gasteiger partial charge in [0.05, 0.1) is 6.10 Å². The molecule has 2 nitrogen and oxygen atoms in total. The number of benzene rings is 1. The van der Waals surface area contributed by atoms with Crippen LogP contribution in [-0.4, -0.2) is 11.1 Å². The minimum atomic E-state index is -0.538. The molecule has 2 unspecified atom stereocenters. The second kappa shape index (κ2) is 4.14. The summed E-state index contributed by atoms with van der Waals surface area (Å²) in [5.74, 6) is 0. The highest BCUT2D eigenvalue weighted by Gasteiger charge is 2.08. The molecule has 64 valence electrons. The third kappa shape index (κ3) is 2.00. The molecule has 0 aromatic heterocycles. The van der Waals surface area contributed by atoms with Crippen molar-refractivity contribution in [1.29, 1.82) is 0 Å². The number of rotatable bonds is 3. The lowest BCUT2D eigenvalue weighted by Gasteiger charge is -2.23. The first-order valence-corrected chi connectivity index (χ1v) is 3.94. The van der Waals surface area contributed by atoms with E-state index < -0.39 is 6.10 Å². The Hall–Kier alpha value is -0.990. The SMILES string of the molecule is [CH2+][N-]C(C)C(O)c1ccccc1. The summed E-state index contributed by atoms with van der Waals surface area (Å²) in [6.07, 6.45) is -0.538. The van der Waals surface area contributed by atoms with Gasteiger partial charge in [-0.15, -0.1) is 0 Å². The molecule has 1 aromatic carbocycles. The van der Waals surface area contributed by atoms with E-state index in [9.17, 15) is 5.11 Å². The number of aliphatic hydroxyl groups excluding tert-OH is 1. The minimum absolute atomic E-state index is 0.146. The smallest absolute Gasteiger partial charge is 0.0655 e. The molecular weight excluding hydrogens is 150 g/mol. The fourth-order valence-electron chi connectivity index (χ4n) is 1.03. The van der Waals surface area contributed by atoms with E-state index in [0.29, 0.717) is 0 Å². The third-order valence-electron chi connectivity index (χ3n) is 1.89. The van der Waals surface area contributed by atoms with Gasteiger partial charge in [0.15, 0.2) is 0 Å². The maximum Gasteiger partial charge on any atom is 0.0655 e. The van der Waals surface area contributed by atoms with Gasteiger partial charge in [-0.3, -0.25) is 0 Å². The van der Waals surface area contributed by atoms with Crippen molar-refractivity contribution in [2.75, 3.05) is 0 Å². The highest BCUT2D eigenvalue weighted by Crippen LogP contribution is 2.20. The molecule has 0 aliphatic rings. The van der Waals surface area contributed by atoms with Crippen molar-refractivity contribution in [3.8, 4) is 0 Å². The standard InChI is InChI=1S/C10H13NO/c1-8(11-2)10(12)9-6-4-3-5-7-9/h3-8,10,12H,2H2,1H3. The van der Waals surface area contributed by atoms with Gasteiger partial charge >= 0.3 is 0 Å². The largest absolute Gasteiger partial charge is 0.453 e. The molecule has 0 amide bonds. The van der Waals surface area contributed by atoms with Crippen molar-refractivity contribution in [2.24, 2.45) is 0 Å². The molecule has 1 N–H and O–H groups in total. The lowest BCUT2D eigenvalue weighted by atomic mass is 10.0. The Kier molecular flexibility index (Phi) is 3.14. The van der Waals surface area contributed by atoms with Crippen molar-refractivity contribution < 1.29 is 5.11 Å². The zero-order chi connectivity index (χ0) is 8.97. The molecule has 0 heterocycles. The van der Waals surface area contributed by atoms with E-state index in [1.165, 1.54) is 0 Å². The molecular formula is C10H13NO. The lowest BCUT2D eigenvalue weighted by Crippen LogP contribution is -2.12. The lowest BCUT2D eigenvalue weighted by molar-refractivity contribution is 0.164. The molecule has 0 bridgehead atoms. The van der Waals surface area contributed by atoms with Crippen LogP contribution < -0.4 is 0 Å². The van der Waals surface area contributed by atoms with Crippen LogP contribution in [-0.2, 0) is 0 Å². The summed E-state index contributed by atoms with van der Waals surface area (Å²) < 4.78 is 0. The number of hydrogen-bond acceptors (Lipinski definition) is 1. The van der Waals surface area contributed by atoms with Gasteiger partial charge in [0.1, 0.15) is 0 Å². The highest BCUT2D eigenvalue weighted by atomic mass is 16.3. The predicted octanol–water partition coefficient (Wildman–Crippen LogP) is 2.27. The van der Waals surface area contributed by atoms with Gasteiger partial charge in [-0.25, -0.2) is 0 Å². The van der Waals surface area contributed by atoms with Gasteiger partial charge in [0.25, 0.3) is 0 Å². The zero-order valence-electron chi connectivity index (χ0n) is 7.14. The number of hydrogen-bond donors (Lipinski definition) is 1. The molecule has 0 aliphatic heterocycles. The van der Waals surface area contributed by atoms with E-state index in [1.807, 2.05) is 37.3 Å². The normalized spacial score (nSPS) is 15.5. The summed E-state index contributed by atoms with van der Waals surface area (Å²) in [5.41, 5.74) is 0.886. The Morgan fingerprint density at radius 2 is 1.92 bits per heavy atom. The van der Waals surface area contributed by atoms with E-state index in [0.717, 1.165) is 5.56 Å². The molecule has 0 saturated heterocycles. The molecule has 0 fully saturated rings. The van der Waals surface area contributed by atoms with E-state index in [1.54, 1.807) is 0 Å². The fraction of sp³-hybridized carbons (Fsp3) is 0.300. The molecule has 0 aliphatic carbocycles. The number of aliphatic hydroxyl groups is 1. The van der Waals surface area contributed by atoms with Crippen LogP contribution in [0.4, 0.5) is 0 Å². The van der Waals surface area contributed by atoms with Gasteiger partial charge in [0.2, 0.25) is 0 Å². The van der Waals surface area contributed by atoms with E-state index in [2.05, 4.69) is 12.4 Å². The fourth-order valence-corrected chi connectivity index (χ4v) is 1.03. The second-order valence-electron chi connectivity index (χ2n) is 2.78. The van der Waals surface area contributed by atoms with Gasteiger partial charge < -0.3 is 10.4 Å².